The third-order valence-corrected chi connectivity index (χ3v) is 5.79. The van der Waals surface area contributed by atoms with Gasteiger partial charge in [0.05, 0.1) is 36.7 Å². The molecule has 5 rings (SSSR count). The van der Waals surface area contributed by atoms with Crippen molar-refractivity contribution in [3.05, 3.63) is 53.6 Å². The number of ether oxygens (including phenoxy) is 2. The number of aromatic amines is 1. The summed E-state index contributed by atoms with van der Waals surface area (Å²) in [7, 11) is 0. The minimum atomic E-state index is -0.0913. The molecule has 1 atom stereocenters. The van der Waals surface area contributed by atoms with E-state index < -0.39 is 0 Å². The van der Waals surface area contributed by atoms with Gasteiger partial charge < -0.3 is 19.7 Å². The van der Waals surface area contributed by atoms with Crippen molar-refractivity contribution in [3.8, 4) is 5.88 Å². The molecule has 7 heteroatoms. The van der Waals surface area contributed by atoms with Crippen LogP contribution >= 0.6 is 0 Å². The fourth-order valence-corrected chi connectivity index (χ4v) is 4.04. The molecule has 0 aliphatic carbocycles. The van der Waals surface area contributed by atoms with Gasteiger partial charge in [-0.1, -0.05) is 30.3 Å². The molecule has 7 nitrogen and oxygen atoms in total. The molecule has 0 saturated carbocycles. The Kier molecular flexibility index (Phi) is 4.60. The monoisotopic (exact) mass is 392 g/mol. The molecule has 1 fully saturated rings. The molecule has 0 bridgehead atoms. The highest BCUT2D eigenvalue weighted by atomic mass is 16.5. The molecule has 0 spiro atoms. The Morgan fingerprint density at radius 2 is 2.00 bits per heavy atom. The Balaban J connectivity index is 1.43. The summed E-state index contributed by atoms with van der Waals surface area (Å²) < 4.78 is 11.5. The van der Waals surface area contributed by atoms with Crippen LogP contribution in [-0.4, -0.2) is 40.4 Å². The molecule has 2 aliphatic rings. The predicted octanol–water partition coefficient (Wildman–Crippen LogP) is 4.23. The number of hydrogen-bond donors (Lipinski definition) is 2. The number of carbonyl (C=O) groups is 1. The fraction of sp³-hybridized carbons (Fsp3) is 0.364. The second-order valence-corrected chi connectivity index (χ2v) is 7.66. The lowest BCUT2D eigenvalue weighted by atomic mass is 10.0. The van der Waals surface area contributed by atoms with Gasteiger partial charge in [0, 0.05) is 18.5 Å². The van der Waals surface area contributed by atoms with Gasteiger partial charge in [-0.25, -0.2) is 4.79 Å². The highest BCUT2D eigenvalue weighted by Crippen LogP contribution is 2.35. The van der Waals surface area contributed by atoms with E-state index in [1.165, 1.54) is 0 Å². The number of urea groups is 1. The molecule has 3 aromatic rings. The summed E-state index contributed by atoms with van der Waals surface area (Å²) in [6.45, 7) is 4.03. The lowest BCUT2D eigenvalue weighted by molar-refractivity contribution is 0.0243. The van der Waals surface area contributed by atoms with Crippen molar-refractivity contribution in [3.63, 3.8) is 0 Å². The summed E-state index contributed by atoms with van der Waals surface area (Å²) >= 11 is 0. The van der Waals surface area contributed by atoms with Crippen molar-refractivity contribution in [2.75, 3.05) is 18.5 Å². The Bertz CT molecular complexity index is 1030. The van der Waals surface area contributed by atoms with Crippen molar-refractivity contribution >= 4 is 22.6 Å². The first-order valence-electron chi connectivity index (χ1n) is 10.1. The van der Waals surface area contributed by atoms with E-state index in [0.29, 0.717) is 12.4 Å². The van der Waals surface area contributed by atoms with Crippen molar-refractivity contribution < 1.29 is 14.3 Å². The van der Waals surface area contributed by atoms with Crippen LogP contribution in [0.2, 0.25) is 0 Å². The third-order valence-electron chi connectivity index (χ3n) is 5.79. The first-order chi connectivity index (χ1) is 14.2. The van der Waals surface area contributed by atoms with Crippen LogP contribution in [0.15, 0.2) is 42.5 Å². The standard InChI is InChI=1S/C22H24N4O3/c1-14(15-5-3-2-4-6-15)26-13-16-11-18-20(12-19(16)23-22(26)27)24-25-21(18)29-17-7-9-28-10-8-17/h2-6,11-12,14,17H,7-10,13H2,1H3,(H,23,27)(H,24,25). The summed E-state index contributed by atoms with van der Waals surface area (Å²) in [5.74, 6) is 0.620. The van der Waals surface area contributed by atoms with E-state index in [0.717, 1.165) is 53.8 Å². The second-order valence-electron chi connectivity index (χ2n) is 7.66. The molecular weight excluding hydrogens is 368 g/mol. The van der Waals surface area contributed by atoms with Gasteiger partial charge in [0.25, 0.3) is 0 Å². The van der Waals surface area contributed by atoms with Crippen molar-refractivity contribution in [2.45, 2.75) is 38.5 Å². The zero-order valence-electron chi connectivity index (χ0n) is 16.4. The van der Waals surface area contributed by atoms with Crippen LogP contribution in [0.4, 0.5) is 10.5 Å². The summed E-state index contributed by atoms with van der Waals surface area (Å²) in [4.78, 5) is 14.6. The first-order valence-corrected chi connectivity index (χ1v) is 10.1. The molecular formula is C22H24N4O3. The van der Waals surface area contributed by atoms with Crippen LogP contribution in [0, 0.1) is 0 Å². The average molecular weight is 392 g/mol. The van der Waals surface area contributed by atoms with E-state index in [4.69, 9.17) is 9.47 Å². The van der Waals surface area contributed by atoms with Crippen LogP contribution in [0.1, 0.15) is 36.9 Å². The summed E-state index contributed by atoms with van der Waals surface area (Å²) in [5, 5.41) is 11.4. The normalized spacial score (nSPS) is 18.4. The summed E-state index contributed by atoms with van der Waals surface area (Å²) in [6, 6.07) is 14.0. The molecule has 3 heterocycles. The molecule has 29 heavy (non-hydrogen) atoms. The molecule has 1 unspecified atom stereocenters. The maximum atomic E-state index is 12.7. The zero-order valence-corrected chi connectivity index (χ0v) is 16.4. The van der Waals surface area contributed by atoms with Crippen molar-refractivity contribution in [2.24, 2.45) is 0 Å². The van der Waals surface area contributed by atoms with E-state index >= 15 is 0 Å². The predicted molar refractivity (Wildman–Crippen MR) is 110 cm³/mol. The van der Waals surface area contributed by atoms with Gasteiger partial charge in [0.1, 0.15) is 6.10 Å². The molecule has 1 aromatic heterocycles. The maximum Gasteiger partial charge on any atom is 0.322 e. The minimum Gasteiger partial charge on any atom is -0.473 e. The van der Waals surface area contributed by atoms with Gasteiger partial charge in [-0.2, -0.15) is 0 Å². The van der Waals surface area contributed by atoms with Gasteiger partial charge in [0.15, 0.2) is 0 Å². The number of fused-ring (bicyclic) bond motifs is 2. The Morgan fingerprint density at radius 1 is 1.21 bits per heavy atom. The van der Waals surface area contributed by atoms with E-state index in [9.17, 15) is 4.79 Å². The van der Waals surface area contributed by atoms with Crippen LogP contribution in [0.5, 0.6) is 5.88 Å². The number of anilines is 1. The SMILES string of the molecule is CC(c1ccccc1)N1Cc2cc3c(OC4CCOCC4)n[nH]c3cc2NC1=O. The molecule has 2 N–H and O–H groups in total. The number of nitrogens with zero attached hydrogens (tertiary/aromatic N) is 2. The number of nitrogens with one attached hydrogen (secondary N) is 2. The van der Waals surface area contributed by atoms with E-state index in [1.54, 1.807) is 0 Å². The van der Waals surface area contributed by atoms with Crippen molar-refractivity contribution in [1.82, 2.24) is 15.1 Å². The molecule has 0 radical (unpaired) electrons. The molecule has 2 aliphatic heterocycles. The average Bonchev–Trinajstić information content (AvgIpc) is 3.14. The van der Waals surface area contributed by atoms with Gasteiger partial charge in [0.2, 0.25) is 5.88 Å². The first kappa shape index (κ1) is 18.0. The van der Waals surface area contributed by atoms with E-state index in [2.05, 4.69) is 28.5 Å². The highest BCUT2D eigenvalue weighted by molar-refractivity contribution is 5.97. The van der Waals surface area contributed by atoms with E-state index in [-0.39, 0.29) is 18.2 Å². The van der Waals surface area contributed by atoms with Crippen LogP contribution in [-0.2, 0) is 11.3 Å². The van der Waals surface area contributed by atoms with E-state index in [1.807, 2.05) is 41.3 Å². The molecule has 2 amide bonds. The lowest BCUT2D eigenvalue weighted by Gasteiger charge is -2.34. The Hall–Kier alpha value is -3.06. The van der Waals surface area contributed by atoms with Gasteiger partial charge in [-0.15, -0.1) is 5.10 Å². The van der Waals surface area contributed by atoms with Crippen molar-refractivity contribution in [1.29, 1.82) is 0 Å². The molecule has 2 aromatic carbocycles. The smallest absolute Gasteiger partial charge is 0.322 e. The van der Waals surface area contributed by atoms with Gasteiger partial charge in [-0.05, 0) is 30.2 Å². The summed E-state index contributed by atoms with van der Waals surface area (Å²) in [6.07, 6.45) is 1.87. The summed E-state index contributed by atoms with van der Waals surface area (Å²) in [5.41, 5.74) is 3.84. The second kappa shape index (κ2) is 7.40. The number of rotatable bonds is 4. The van der Waals surface area contributed by atoms with Crippen LogP contribution in [0.3, 0.4) is 0 Å². The maximum absolute atomic E-state index is 12.7. The number of hydrogen-bond acceptors (Lipinski definition) is 4. The number of aromatic nitrogens is 2. The molecule has 1 saturated heterocycles. The number of amides is 2. The Labute approximate surface area is 169 Å². The Morgan fingerprint density at radius 3 is 2.79 bits per heavy atom. The number of carbonyl (C=O) groups excluding carboxylic acids is 1. The number of H-pyrrole nitrogens is 1. The van der Waals surface area contributed by atoms with Gasteiger partial charge in [-0.3, -0.25) is 5.10 Å². The zero-order chi connectivity index (χ0) is 19.8. The van der Waals surface area contributed by atoms with Gasteiger partial charge >= 0.3 is 6.03 Å². The molecule has 150 valence electrons. The third kappa shape index (κ3) is 3.42. The van der Waals surface area contributed by atoms with Crippen LogP contribution in [0.25, 0.3) is 10.9 Å². The topological polar surface area (TPSA) is 79.5 Å². The highest BCUT2D eigenvalue weighted by Gasteiger charge is 2.28. The fourth-order valence-electron chi connectivity index (χ4n) is 4.04. The number of benzene rings is 2. The largest absolute Gasteiger partial charge is 0.473 e. The lowest BCUT2D eigenvalue weighted by Crippen LogP contribution is -2.40. The quantitative estimate of drug-likeness (QED) is 0.696. The van der Waals surface area contributed by atoms with Crippen LogP contribution < -0.4 is 10.1 Å². The minimum absolute atomic E-state index is 0.0256.